The molecule has 2 atom stereocenters. The molecule has 1 aliphatic carbocycles. The van der Waals surface area contributed by atoms with E-state index in [4.69, 9.17) is 4.84 Å². The van der Waals surface area contributed by atoms with Crippen molar-refractivity contribution in [3.05, 3.63) is 30.1 Å². The molecule has 0 radical (unpaired) electrons. The number of aromatic nitrogens is 1. The molecule has 2 aliphatic rings. The van der Waals surface area contributed by atoms with E-state index >= 15 is 0 Å². The SMILES string of the molecule is O=C([C@H]1C[C@H]1c1cccnc1)N1CCCO1. The molecule has 1 aromatic rings. The number of hydrogen-bond donors (Lipinski definition) is 0. The van der Waals surface area contributed by atoms with Crippen molar-refractivity contribution < 1.29 is 9.63 Å². The van der Waals surface area contributed by atoms with Gasteiger partial charge >= 0.3 is 0 Å². The zero-order chi connectivity index (χ0) is 11.0. The zero-order valence-electron chi connectivity index (χ0n) is 9.00. The summed E-state index contributed by atoms with van der Waals surface area (Å²) in [4.78, 5) is 21.3. The van der Waals surface area contributed by atoms with E-state index in [-0.39, 0.29) is 11.8 Å². The molecule has 4 nitrogen and oxygen atoms in total. The van der Waals surface area contributed by atoms with Crippen molar-refractivity contribution in [2.45, 2.75) is 18.8 Å². The van der Waals surface area contributed by atoms with Gasteiger partial charge in [-0.1, -0.05) is 6.07 Å². The summed E-state index contributed by atoms with van der Waals surface area (Å²) in [5.41, 5.74) is 1.17. The number of carbonyl (C=O) groups is 1. The monoisotopic (exact) mass is 218 g/mol. The van der Waals surface area contributed by atoms with E-state index in [0.717, 1.165) is 19.4 Å². The maximum atomic E-state index is 12.0. The van der Waals surface area contributed by atoms with Crippen LogP contribution in [0.1, 0.15) is 24.3 Å². The van der Waals surface area contributed by atoms with Crippen LogP contribution in [0.15, 0.2) is 24.5 Å². The molecule has 84 valence electrons. The van der Waals surface area contributed by atoms with Gasteiger partial charge in [0.1, 0.15) is 0 Å². The van der Waals surface area contributed by atoms with Gasteiger partial charge in [0.05, 0.1) is 13.2 Å². The average molecular weight is 218 g/mol. The maximum absolute atomic E-state index is 12.0. The van der Waals surface area contributed by atoms with Gasteiger partial charge in [0.2, 0.25) is 5.91 Å². The predicted molar refractivity (Wildman–Crippen MR) is 57.4 cm³/mol. The van der Waals surface area contributed by atoms with Gasteiger partial charge in [-0.2, -0.15) is 0 Å². The second-order valence-electron chi connectivity index (χ2n) is 4.36. The summed E-state index contributed by atoms with van der Waals surface area (Å²) in [6.45, 7) is 1.42. The standard InChI is InChI=1S/C12H14N2O2/c15-12(14-5-2-6-16-14)11-7-10(11)9-3-1-4-13-8-9/h1,3-4,8,10-11H,2,5-7H2/t10-,11-/m0/s1. The van der Waals surface area contributed by atoms with Crippen molar-refractivity contribution >= 4 is 5.91 Å². The number of rotatable bonds is 2. The van der Waals surface area contributed by atoms with Crippen LogP contribution < -0.4 is 0 Å². The first-order chi connectivity index (χ1) is 7.86. The fourth-order valence-corrected chi connectivity index (χ4v) is 2.24. The summed E-state index contributed by atoms with van der Waals surface area (Å²) in [7, 11) is 0. The first-order valence-electron chi connectivity index (χ1n) is 5.70. The summed E-state index contributed by atoms with van der Waals surface area (Å²) in [6, 6.07) is 3.96. The van der Waals surface area contributed by atoms with Crippen LogP contribution in [0.4, 0.5) is 0 Å². The molecule has 1 amide bonds. The molecule has 1 aromatic heterocycles. The number of carbonyl (C=O) groups excluding carboxylic acids is 1. The fourth-order valence-electron chi connectivity index (χ4n) is 2.24. The van der Waals surface area contributed by atoms with Crippen LogP contribution >= 0.6 is 0 Å². The van der Waals surface area contributed by atoms with Crippen molar-refractivity contribution in [3.63, 3.8) is 0 Å². The fraction of sp³-hybridized carbons (Fsp3) is 0.500. The lowest BCUT2D eigenvalue weighted by atomic mass is 10.1. The molecule has 1 saturated carbocycles. The highest BCUT2D eigenvalue weighted by atomic mass is 16.7. The molecule has 0 aromatic carbocycles. The minimum Gasteiger partial charge on any atom is -0.272 e. The first kappa shape index (κ1) is 9.78. The van der Waals surface area contributed by atoms with Gasteiger partial charge < -0.3 is 0 Å². The average Bonchev–Trinajstić information content (AvgIpc) is 2.95. The Hall–Kier alpha value is -1.42. The van der Waals surface area contributed by atoms with Crippen LogP contribution in [0.25, 0.3) is 0 Å². The zero-order valence-corrected chi connectivity index (χ0v) is 9.00. The Morgan fingerprint density at radius 2 is 2.50 bits per heavy atom. The molecular weight excluding hydrogens is 204 g/mol. The van der Waals surface area contributed by atoms with Gasteiger partial charge in [-0.3, -0.25) is 14.6 Å². The van der Waals surface area contributed by atoms with Crippen molar-refractivity contribution in [1.29, 1.82) is 0 Å². The largest absolute Gasteiger partial charge is 0.272 e. The Kier molecular flexibility index (Phi) is 2.36. The normalized spacial score (nSPS) is 28.1. The van der Waals surface area contributed by atoms with Crippen LogP contribution in [0.5, 0.6) is 0 Å². The topological polar surface area (TPSA) is 42.4 Å². The van der Waals surface area contributed by atoms with Gasteiger partial charge in [-0.25, -0.2) is 5.06 Å². The second-order valence-corrected chi connectivity index (χ2v) is 4.36. The Morgan fingerprint density at radius 3 is 3.19 bits per heavy atom. The minimum absolute atomic E-state index is 0.113. The van der Waals surface area contributed by atoms with Gasteiger partial charge in [-0.05, 0) is 30.4 Å². The van der Waals surface area contributed by atoms with E-state index in [9.17, 15) is 4.79 Å². The number of pyridine rings is 1. The molecule has 0 spiro atoms. The third-order valence-corrected chi connectivity index (χ3v) is 3.22. The van der Waals surface area contributed by atoms with Crippen LogP contribution in [-0.4, -0.2) is 29.1 Å². The molecular formula is C12H14N2O2. The highest BCUT2D eigenvalue weighted by Crippen LogP contribution is 2.48. The lowest BCUT2D eigenvalue weighted by Gasteiger charge is -2.13. The third-order valence-electron chi connectivity index (χ3n) is 3.22. The Bertz CT molecular complexity index is 387. The Morgan fingerprint density at radius 1 is 1.56 bits per heavy atom. The molecule has 1 saturated heterocycles. The van der Waals surface area contributed by atoms with E-state index in [0.29, 0.717) is 12.5 Å². The van der Waals surface area contributed by atoms with E-state index < -0.39 is 0 Å². The number of hydrogen-bond acceptors (Lipinski definition) is 3. The molecule has 1 aliphatic heterocycles. The van der Waals surface area contributed by atoms with Gasteiger partial charge in [0.15, 0.2) is 0 Å². The molecule has 2 heterocycles. The lowest BCUT2D eigenvalue weighted by Crippen LogP contribution is -2.28. The highest BCUT2D eigenvalue weighted by Gasteiger charge is 2.46. The van der Waals surface area contributed by atoms with Crippen molar-refractivity contribution in [1.82, 2.24) is 10.0 Å². The second kappa shape index (κ2) is 3.87. The van der Waals surface area contributed by atoms with Gasteiger partial charge in [0.25, 0.3) is 0 Å². The van der Waals surface area contributed by atoms with Crippen LogP contribution in [-0.2, 0) is 9.63 Å². The van der Waals surface area contributed by atoms with E-state index in [1.54, 1.807) is 6.20 Å². The summed E-state index contributed by atoms with van der Waals surface area (Å²) < 4.78 is 0. The van der Waals surface area contributed by atoms with E-state index in [1.165, 1.54) is 10.6 Å². The molecule has 0 unspecified atom stereocenters. The minimum atomic E-state index is 0.113. The smallest absolute Gasteiger partial charge is 0.249 e. The summed E-state index contributed by atoms with van der Waals surface area (Å²) >= 11 is 0. The molecule has 0 bridgehead atoms. The van der Waals surface area contributed by atoms with Crippen molar-refractivity contribution in [2.24, 2.45) is 5.92 Å². The molecule has 16 heavy (non-hydrogen) atoms. The Balaban J connectivity index is 1.65. The highest BCUT2D eigenvalue weighted by molar-refractivity contribution is 5.82. The van der Waals surface area contributed by atoms with Crippen LogP contribution in [0.3, 0.4) is 0 Å². The van der Waals surface area contributed by atoms with E-state index in [1.807, 2.05) is 18.3 Å². The number of nitrogens with zero attached hydrogens (tertiary/aromatic N) is 2. The summed E-state index contributed by atoms with van der Waals surface area (Å²) in [6.07, 6.45) is 5.50. The summed E-state index contributed by atoms with van der Waals surface area (Å²) in [5.74, 6) is 0.610. The van der Waals surface area contributed by atoms with E-state index in [2.05, 4.69) is 4.98 Å². The maximum Gasteiger partial charge on any atom is 0.249 e. The number of hydroxylamine groups is 2. The third kappa shape index (κ3) is 1.69. The van der Waals surface area contributed by atoms with Crippen molar-refractivity contribution in [3.8, 4) is 0 Å². The van der Waals surface area contributed by atoms with Crippen molar-refractivity contribution in [2.75, 3.05) is 13.2 Å². The molecule has 4 heteroatoms. The van der Waals surface area contributed by atoms with Gasteiger partial charge in [-0.15, -0.1) is 0 Å². The van der Waals surface area contributed by atoms with Gasteiger partial charge in [0, 0.05) is 18.3 Å². The molecule has 2 fully saturated rings. The number of amides is 1. The summed E-state index contributed by atoms with van der Waals surface area (Å²) in [5, 5.41) is 1.53. The lowest BCUT2D eigenvalue weighted by molar-refractivity contribution is -0.170. The predicted octanol–water partition coefficient (Wildman–Crippen LogP) is 1.35. The molecule has 0 N–H and O–H groups in total. The van der Waals surface area contributed by atoms with Crippen LogP contribution in [0.2, 0.25) is 0 Å². The molecule has 3 rings (SSSR count). The Labute approximate surface area is 94.2 Å². The quantitative estimate of drug-likeness (QED) is 0.752. The first-order valence-corrected chi connectivity index (χ1v) is 5.70. The van der Waals surface area contributed by atoms with Crippen LogP contribution in [0, 0.1) is 5.92 Å².